The lowest BCUT2D eigenvalue weighted by atomic mass is 9.88. The summed E-state index contributed by atoms with van der Waals surface area (Å²) in [6.07, 6.45) is 0. The van der Waals surface area contributed by atoms with Gasteiger partial charge in [-0.25, -0.2) is 0 Å². The van der Waals surface area contributed by atoms with Crippen LogP contribution in [0.1, 0.15) is 17.0 Å². The van der Waals surface area contributed by atoms with Crippen molar-refractivity contribution in [2.24, 2.45) is 0 Å². The molecular weight excluding hydrogens is 236 g/mol. The van der Waals surface area contributed by atoms with Gasteiger partial charge in [0, 0.05) is 0 Å². The molecule has 2 rings (SSSR count). The second-order valence-corrected chi connectivity index (χ2v) is 4.26. The fourth-order valence-electron chi connectivity index (χ4n) is 2.06. The van der Waals surface area contributed by atoms with Crippen molar-refractivity contribution in [2.45, 2.75) is 5.92 Å². The van der Waals surface area contributed by atoms with Crippen LogP contribution in [0.15, 0.2) is 67.2 Å². The molecule has 2 aromatic rings. The number of methoxy groups -OCH3 is 1. The zero-order valence-corrected chi connectivity index (χ0v) is 10.9. The van der Waals surface area contributed by atoms with Gasteiger partial charge in [0.1, 0.15) is 5.92 Å². The van der Waals surface area contributed by atoms with Gasteiger partial charge in [0.05, 0.1) is 7.11 Å². The molecule has 0 aliphatic rings. The minimum absolute atomic E-state index is 0.292. The fourth-order valence-corrected chi connectivity index (χ4v) is 2.06. The largest absolute Gasteiger partial charge is 0.468 e. The third-order valence-corrected chi connectivity index (χ3v) is 3.06. The van der Waals surface area contributed by atoms with Crippen LogP contribution >= 0.6 is 0 Å². The molecule has 19 heavy (non-hydrogen) atoms. The summed E-state index contributed by atoms with van der Waals surface area (Å²) in [5, 5.41) is 0. The minimum atomic E-state index is -0.464. The highest BCUT2D eigenvalue weighted by Crippen LogP contribution is 2.31. The Morgan fingerprint density at radius 2 is 1.53 bits per heavy atom. The van der Waals surface area contributed by atoms with Crippen LogP contribution in [-0.2, 0) is 9.53 Å². The maximum Gasteiger partial charge on any atom is 0.317 e. The molecule has 0 radical (unpaired) electrons. The van der Waals surface area contributed by atoms with E-state index in [0.29, 0.717) is 0 Å². The van der Waals surface area contributed by atoms with Crippen LogP contribution in [0.4, 0.5) is 0 Å². The maximum atomic E-state index is 12.0. The summed E-state index contributed by atoms with van der Waals surface area (Å²) >= 11 is 0. The highest BCUT2D eigenvalue weighted by Gasteiger charge is 2.25. The van der Waals surface area contributed by atoms with E-state index in [4.69, 9.17) is 4.74 Å². The van der Waals surface area contributed by atoms with Crippen molar-refractivity contribution >= 4 is 11.5 Å². The number of rotatable bonds is 4. The Morgan fingerprint density at radius 1 is 1.00 bits per heavy atom. The van der Waals surface area contributed by atoms with E-state index in [1.807, 2.05) is 60.7 Å². The SMILES string of the molecule is C=C(c1ccccc1)C(C(=O)OC)c1ccccc1. The predicted molar refractivity (Wildman–Crippen MR) is 76.7 cm³/mol. The molecule has 0 heterocycles. The van der Waals surface area contributed by atoms with E-state index in [-0.39, 0.29) is 5.97 Å². The zero-order valence-electron chi connectivity index (χ0n) is 10.9. The number of hydrogen-bond donors (Lipinski definition) is 0. The summed E-state index contributed by atoms with van der Waals surface area (Å²) < 4.78 is 4.91. The number of hydrogen-bond acceptors (Lipinski definition) is 2. The maximum absolute atomic E-state index is 12.0. The van der Waals surface area contributed by atoms with Crippen molar-refractivity contribution in [1.29, 1.82) is 0 Å². The molecule has 0 aromatic heterocycles. The predicted octanol–water partition coefficient (Wildman–Crippen LogP) is 3.66. The number of carbonyl (C=O) groups excluding carboxylic acids is 1. The molecule has 96 valence electrons. The molecule has 0 aliphatic heterocycles. The zero-order chi connectivity index (χ0) is 13.7. The van der Waals surface area contributed by atoms with Gasteiger partial charge in [-0.05, 0) is 16.7 Å². The van der Waals surface area contributed by atoms with E-state index >= 15 is 0 Å². The summed E-state index contributed by atoms with van der Waals surface area (Å²) in [6, 6.07) is 19.2. The van der Waals surface area contributed by atoms with Gasteiger partial charge >= 0.3 is 5.97 Å². The molecule has 0 saturated heterocycles. The first-order valence-corrected chi connectivity index (χ1v) is 6.11. The quantitative estimate of drug-likeness (QED) is 0.776. The summed E-state index contributed by atoms with van der Waals surface area (Å²) in [5.74, 6) is -0.756. The van der Waals surface area contributed by atoms with Gasteiger partial charge in [-0.2, -0.15) is 0 Å². The highest BCUT2D eigenvalue weighted by atomic mass is 16.5. The monoisotopic (exact) mass is 252 g/mol. The van der Waals surface area contributed by atoms with E-state index in [1.54, 1.807) is 0 Å². The summed E-state index contributed by atoms with van der Waals surface area (Å²) in [5.41, 5.74) is 2.59. The van der Waals surface area contributed by atoms with Crippen LogP contribution in [0.2, 0.25) is 0 Å². The number of benzene rings is 2. The summed E-state index contributed by atoms with van der Waals surface area (Å²) in [4.78, 5) is 12.0. The molecule has 0 bridgehead atoms. The second kappa shape index (κ2) is 6.01. The second-order valence-electron chi connectivity index (χ2n) is 4.26. The lowest BCUT2D eigenvalue weighted by Crippen LogP contribution is -2.15. The van der Waals surface area contributed by atoms with Crippen molar-refractivity contribution in [2.75, 3.05) is 7.11 Å². The van der Waals surface area contributed by atoms with Gasteiger partial charge in [0.25, 0.3) is 0 Å². The Kier molecular flexibility index (Phi) is 4.14. The van der Waals surface area contributed by atoms with Gasteiger partial charge in [-0.1, -0.05) is 67.2 Å². The first kappa shape index (κ1) is 13.1. The molecule has 2 nitrogen and oxygen atoms in total. The van der Waals surface area contributed by atoms with Gasteiger partial charge in [-0.15, -0.1) is 0 Å². The number of carbonyl (C=O) groups is 1. The first-order chi connectivity index (χ1) is 9.24. The third kappa shape index (κ3) is 2.91. The smallest absolute Gasteiger partial charge is 0.317 e. The van der Waals surface area contributed by atoms with Crippen molar-refractivity contribution in [3.05, 3.63) is 78.4 Å². The van der Waals surface area contributed by atoms with Gasteiger partial charge in [-0.3, -0.25) is 4.79 Å². The first-order valence-electron chi connectivity index (χ1n) is 6.11. The van der Waals surface area contributed by atoms with Crippen molar-refractivity contribution in [3.8, 4) is 0 Å². The molecule has 2 aromatic carbocycles. The Labute approximate surface area is 113 Å². The summed E-state index contributed by atoms with van der Waals surface area (Å²) in [6.45, 7) is 4.07. The molecule has 0 spiro atoms. The van der Waals surface area contributed by atoms with Crippen LogP contribution in [0.25, 0.3) is 5.57 Å². The molecule has 1 unspecified atom stereocenters. The molecular formula is C17H16O2. The molecule has 0 saturated carbocycles. The fraction of sp³-hybridized carbons (Fsp3) is 0.118. The van der Waals surface area contributed by atoms with Crippen LogP contribution in [0.3, 0.4) is 0 Å². The third-order valence-electron chi connectivity index (χ3n) is 3.06. The van der Waals surface area contributed by atoms with Crippen LogP contribution in [0, 0.1) is 0 Å². The molecule has 0 N–H and O–H groups in total. The van der Waals surface area contributed by atoms with E-state index in [0.717, 1.165) is 16.7 Å². The van der Waals surface area contributed by atoms with Crippen molar-refractivity contribution < 1.29 is 9.53 Å². The molecule has 0 amide bonds. The van der Waals surface area contributed by atoms with E-state index in [2.05, 4.69) is 6.58 Å². The van der Waals surface area contributed by atoms with Crippen molar-refractivity contribution in [1.82, 2.24) is 0 Å². The van der Waals surface area contributed by atoms with Crippen LogP contribution in [-0.4, -0.2) is 13.1 Å². The normalized spacial score (nSPS) is 11.6. The number of esters is 1. The molecule has 2 heteroatoms. The Hall–Kier alpha value is -2.35. The standard InChI is InChI=1S/C17H16O2/c1-13(14-9-5-3-6-10-14)16(17(18)19-2)15-11-7-4-8-12-15/h3-12,16H,1H2,2H3. The Morgan fingerprint density at radius 3 is 2.05 bits per heavy atom. The average molecular weight is 252 g/mol. The van der Waals surface area contributed by atoms with E-state index in [1.165, 1.54) is 7.11 Å². The van der Waals surface area contributed by atoms with Gasteiger partial charge < -0.3 is 4.74 Å². The van der Waals surface area contributed by atoms with Crippen LogP contribution in [0.5, 0.6) is 0 Å². The Balaban J connectivity index is 2.40. The topological polar surface area (TPSA) is 26.3 Å². The minimum Gasteiger partial charge on any atom is -0.468 e. The highest BCUT2D eigenvalue weighted by molar-refractivity contribution is 5.93. The van der Waals surface area contributed by atoms with Gasteiger partial charge in [0.2, 0.25) is 0 Å². The number of ether oxygens (including phenoxy) is 1. The lowest BCUT2D eigenvalue weighted by molar-refractivity contribution is -0.140. The van der Waals surface area contributed by atoms with Crippen molar-refractivity contribution in [3.63, 3.8) is 0 Å². The average Bonchev–Trinajstić information content (AvgIpc) is 2.49. The molecule has 0 aliphatic carbocycles. The summed E-state index contributed by atoms with van der Waals surface area (Å²) in [7, 11) is 1.40. The van der Waals surface area contributed by atoms with E-state index in [9.17, 15) is 4.79 Å². The van der Waals surface area contributed by atoms with Crippen LogP contribution < -0.4 is 0 Å². The van der Waals surface area contributed by atoms with E-state index < -0.39 is 5.92 Å². The Bertz CT molecular complexity index is 558. The lowest BCUT2D eigenvalue weighted by Gasteiger charge is -2.18. The van der Waals surface area contributed by atoms with Gasteiger partial charge in [0.15, 0.2) is 0 Å². The molecule has 1 atom stereocenters. The molecule has 0 fully saturated rings.